The van der Waals surface area contributed by atoms with Crippen molar-refractivity contribution >= 4 is 95.2 Å². The molecule has 3 aromatic carbocycles. The van der Waals surface area contributed by atoms with Crippen molar-refractivity contribution in [1.29, 1.82) is 0 Å². The maximum Gasteiger partial charge on any atom is 0.338 e. The van der Waals surface area contributed by atoms with Gasteiger partial charge in [-0.25, -0.2) is 14.6 Å². The number of likely N-dealkylation sites (N-methyl/N-ethyl adjacent to an activating group) is 1. The fourth-order valence-electron chi connectivity index (χ4n) is 4.49. The van der Waals surface area contributed by atoms with Crippen LogP contribution in [0.3, 0.4) is 0 Å². The average Bonchev–Trinajstić information content (AvgIpc) is 3.40. The van der Waals surface area contributed by atoms with Gasteiger partial charge in [0.25, 0.3) is 11.8 Å². The summed E-state index contributed by atoms with van der Waals surface area (Å²) in [6.45, 7) is 3.95. The lowest BCUT2D eigenvalue weighted by molar-refractivity contribution is -0.115. The normalized spacial score (nSPS) is 17.2. The molecule has 2 heterocycles. The summed E-state index contributed by atoms with van der Waals surface area (Å²) in [7, 11) is 1.66. The number of halogens is 2. The first-order chi connectivity index (χ1) is 20.1. The number of benzene rings is 3. The van der Waals surface area contributed by atoms with Crippen molar-refractivity contribution in [3.63, 3.8) is 0 Å². The van der Waals surface area contributed by atoms with Crippen LogP contribution in [0.5, 0.6) is 0 Å². The molecule has 12 heteroatoms. The Morgan fingerprint density at radius 2 is 1.43 bits per heavy atom. The number of rotatable bonds is 6. The van der Waals surface area contributed by atoms with Gasteiger partial charge in [0.15, 0.2) is 5.17 Å². The fraction of sp³-hybridized carbons (Fsp3) is 0.167. The summed E-state index contributed by atoms with van der Waals surface area (Å²) in [5.74, 6) is -1.68. The van der Waals surface area contributed by atoms with E-state index >= 15 is 0 Å². The van der Waals surface area contributed by atoms with Crippen molar-refractivity contribution in [2.75, 3.05) is 30.1 Å². The molecule has 0 saturated carbocycles. The third-order valence-electron chi connectivity index (χ3n) is 6.40. The monoisotopic (exact) mass is 711 g/mol. The lowest BCUT2D eigenvalue weighted by Gasteiger charge is -2.16. The fourth-order valence-corrected chi connectivity index (χ4v) is 7.07. The van der Waals surface area contributed by atoms with Gasteiger partial charge < -0.3 is 14.4 Å². The molecule has 214 valence electrons. The number of amides is 2. The molecule has 3 aromatic rings. The van der Waals surface area contributed by atoms with Crippen LogP contribution in [0.4, 0.5) is 17.1 Å². The summed E-state index contributed by atoms with van der Waals surface area (Å²) < 4.78 is 11.6. The third-order valence-corrected chi connectivity index (χ3v) is 8.50. The van der Waals surface area contributed by atoms with E-state index in [1.165, 1.54) is 9.80 Å². The van der Waals surface area contributed by atoms with Gasteiger partial charge in [0, 0.05) is 21.6 Å². The van der Waals surface area contributed by atoms with Crippen LogP contribution in [0.25, 0.3) is 5.57 Å². The number of hydrogen-bond acceptors (Lipinski definition) is 8. The van der Waals surface area contributed by atoms with Gasteiger partial charge in [0.05, 0.1) is 51.9 Å². The Labute approximate surface area is 262 Å². The van der Waals surface area contributed by atoms with Crippen molar-refractivity contribution in [3.8, 4) is 0 Å². The molecule has 2 aliphatic heterocycles. The SMILES string of the molecule is CCOC(=O)c1ccc(N=C2SC(=C3C(=O)N(C)c4c(Br)cc(Br)cc43)C(=O)N2c2ccc(C(=O)OCC)cc2)cc1. The maximum absolute atomic E-state index is 14.1. The van der Waals surface area contributed by atoms with Crippen LogP contribution in [-0.4, -0.2) is 49.2 Å². The molecule has 0 aliphatic carbocycles. The number of anilines is 2. The van der Waals surface area contributed by atoms with Crippen LogP contribution < -0.4 is 9.80 Å². The molecule has 0 spiro atoms. The lowest BCUT2D eigenvalue weighted by atomic mass is 10.1. The molecule has 9 nitrogen and oxygen atoms in total. The highest BCUT2D eigenvalue weighted by atomic mass is 79.9. The Kier molecular flexibility index (Phi) is 8.67. The lowest BCUT2D eigenvalue weighted by Crippen LogP contribution is -2.29. The summed E-state index contributed by atoms with van der Waals surface area (Å²) in [6, 6.07) is 16.5. The van der Waals surface area contributed by atoms with E-state index in [1.54, 1.807) is 75.5 Å². The first kappa shape index (κ1) is 29.7. The molecule has 2 aliphatic rings. The molecule has 0 atom stereocenters. The summed E-state index contributed by atoms with van der Waals surface area (Å²) in [6.07, 6.45) is 0. The Balaban J connectivity index is 1.62. The highest BCUT2D eigenvalue weighted by Crippen LogP contribution is 2.48. The first-order valence-electron chi connectivity index (χ1n) is 12.8. The zero-order valence-electron chi connectivity index (χ0n) is 22.6. The minimum atomic E-state index is -0.475. The molecule has 0 N–H and O–H groups in total. The van der Waals surface area contributed by atoms with Crippen LogP contribution in [0, 0.1) is 0 Å². The standard InChI is InChI=1S/C30H23Br2N3O6S/c1-4-40-28(38)16-6-10-19(11-7-16)33-30-35(20-12-8-17(9-13-20)29(39)41-5-2)27(37)25(42-30)23-21-14-18(31)15-22(32)24(21)34(3)26(23)36/h6-15H,4-5H2,1-3H3. The van der Waals surface area contributed by atoms with E-state index in [0.29, 0.717) is 43.4 Å². The zero-order chi connectivity index (χ0) is 30.1. The Morgan fingerprint density at radius 1 is 0.857 bits per heavy atom. The second-order valence-corrected chi connectivity index (χ2v) is 11.8. The van der Waals surface area contributed by atoms with E-state index in [4.69, 9.17) is 14.5 Å². The Morgan fingerprint density at radius 3 is 2.00 bits per heavy atom. The molecule has 0 bridgehead atoms. The molecule has 0 radical (unpaired) electrons. The van der Waals surface area contributed by atoms with E-state index in [2.05, 4.69) is 31.9 Å². The van der Waals surface area contributed by atoms with Crippen molar-refractivity contribution < 1.29 is 28.7 Å². The Hall–Kier alpha value is -3.74. The predicted molar refractivity (Wildman–Crippen MR) is 169 cm³/mol. The topological polar surface area (TPSA) is 106 Å². The number of amidine groups is 1. The average molecular weight is 713 g/mol. The van der Waals surface area contributed by atoms with E-state index in [-0.39, 0.29) is 29.6 Å². The van der Waals surface area contributed by atoms with Crippen LogP contribution in [0.2, 0.25) is 0 Å². The second-order valence-electron chi connectivity index (χ2n) is 9.02. The van der Waals surface area contributed by atoms with Crippen LogP contribution >= 0.6 is 43.6 Å². The number of nitrogens with zero attached hydrogens (tertiary/aromatic N) is 3. The van der Waals surface area contributed by atoms with Gasteiger partial charge in [-0.3, -0.25) is 14.5 Å². The van der Waals surface area contributed by atoms with Gasteiger partial charge in [-0.2, -0.15) is 0 Å². The van der Waals surface area contributed by atoms with Crippen molar-refractivity contribution in [1.82, 2.24) is 0 Å². The molecule has 5 rings (SSSR count). The molecule has 2 amide bonds. The van der Waals surface area contributed by atoms with Gasteiger partial charge in [-0.1, -0.05) is 15.9 Å². The molecule has 1 saturated heterocycles. The molecule has 1 fully saturated rings. The Bertz CT molecular complexity index is 1690. The maximum atomic E-state index is 14.1. The number of thioether (sulfide) groups is 1. The van der Waals surface area contributed by atoms with E-state index in [1.807, 2.05) is 6.07 Å². The van der Waals surface area contributed by atoms with Crippen molar-refractivity contribution in [2.24, 2.45) is 4.99 Å². The molecule has 42 heavy (non-hydrogen) atoms. The van der Waals surface area contributed by atoms with Crippen molar-refractivity contribution in [2.45, 2.75) is 13.8 Å². The van der Waals surface area contributed by atoms with Gasteiger partial charge in [-0.05, 0) is 102 Å². The predicted octanol–water partition coefficient (Wildman–Crippen LogP) is 6.72. The van der Waals surface area contributed by atoms with E-state index < -0.39 is 17.8 Å². The largest absolute Gasteiger partial charge is 0.462 e. The van der Waals surface area contributed by atoms with Gasteiger partial charge >= 0.3 is 11.9 Å². The molecular weight excluding hydrogens is 690 g/mol. The number of aliphatic imine (C=N–C) groups is 1. The highest BCUT2D eigenvalue weighted by Gasteiger charge is 2.43. The summed E-state index contributed by atoms with van der Waals surface area (Å²) in [4.78, 5) is 59.7. The number of carbonyl (C=O) groups excluding carboxylic acids is 4. The van der Waals surface area contributed by atoms with Crippen LogP contribution in [0.1, 0.15) is 40.1 Å². The summed E-state index contributed by atoms with van der Waals surface area (Å²) >= 11 is 8.10. The summed E-state index contributed by atoms with van der Waals surface area (Å²) in [5, 5.41) is 0.299. The molecular formula is C30H23Br2N3O6S. The third kappa shape index (κ3) is 5.53. The zero-order valence-corrected chi connectivity index (χ0v) is 26.6. The van der Waals surface area contributed by atoms with Gasteiger partial charge in [0.1, 0.15) is 0 Å². The van der Waals surface area contributed by atoms with E-state index in [0.717, 1.165) is 16.2 Å². The minimum Gasteiger partial charge on any atom is -0.462 e. The number of ether oxygens (including phenoxy) is 2. The van der Waals surface area contributed by atoms with E-state index in [9.17, 15) is 19.2 Å². The quantitative estimate of drug-likeness (QED) is 0.206. The van der Waals surface area contributed by atoms with Crippen LogP contribution in [-0.2, 0) is 19.1 Å². The number of carbonyl (C=O) groups is 4. The first-order valence-corrected chi connectivity index (χ1v) is 15.2. The number of esters is 2. The van der Waals surface area contributed by atoms with Gasteiger partial charge in [0.2, 0.25) is 0 Å². The molecule has 0 unspecified atom stereocenters. The second kappa shape index (κ2) is 12.2. The highest BCUT2D eigenvalue weighted by molar-refractivity contribution is 9.11. The van der Waals surface area contributed by atoms with Crippen LogP contribution in [0.15, 0.2) is 79.5 Å². The van der Waals surface area contributed by atoms with Gasteiger partial charge in [-0.15, -0.1) is 0 Å². The van der Waals surface area contributed by atoms with Crippen molar-refractivity contribution in [3.05, 3.63) is 91.2 Å². The minimum absolute atomic E-state index is 0.215. The smallest absolute Gasteiger partial charge is 0.338 e. The number of hydrogen-bond donors (Lipinski definition) is 0. The molecule has 0 aromatic heterocycles. The summed E-state index contributed by atoms with van der Waals surface area (Å²) in [5.41, 5.74) is 3.17. The number of fused-ring (bicyclic) bond motifs is 1.